The highest BCUT2D eigenvalue weighted by molar-refractivity contribution is 5.94. The first-order chi connectivity index (χ1) is 10.1. The highest BCUT2D eigenvalue weighted by atomic mass is 16.4. The van der Waals surface area contributed by atoms with Crippen LogP contribution in [0.15, 0.2) is 0 Å². The molecule has 0 saturated heterocycles. The molecule has 126 valence electrons. The van der Waals surface area contributed by atoms with Gasteiger partial charge in [-0.15, -0.1) is 0 Å². The zero-order chi connectivity index (χ0) is 17.4. The third-order valence-corrected chi connectivity index (χ3v) is 2.62. The van der Waals surface area contributed by atoms with Crippen molar-refractivity contribution in [1.29, 1.82) is 0 Å². The van der Waals surface area contributed by atoms with E-state index in [0.717, 1.165) is 6.92 Å². The molecular weight excluding hydrogens is 300 g/mol. The molecule has 3 amide bonds. The van der Waals surface area contributed by atoms with Crippen molar-refractivity contribution in [3.63, 3.8) is 0 Å². The number of rotatable bonds is 9. The average Bonchev–Trinajstić information content (AvgIpc) is 2.41. The Morgan fingerprint density at radius 1 is 1.14 bits per heavy atom. The zero-order valence-electron chi connectivity index (χ0n) is 11.9. The molecule has 0 aromatic carbocycles. The second-order valence-electron chi connectivity index (χ2n) is 4.59. The van der Waals surface area contributed by atoms with Crippen LogP contribution in [0.25, 0.3) is 0 Å². The van der Waals surface area contributed by atoms with Crippen molar-refractivity contribution in [1.82, 2.24) is 10.6 Å². The molecule has 0 unspecified atom stereocenters. The Morgan fingerprint density at radius 2 is 1.68 bits per heavy atom. The van der Waals surface area contributed by atoms with Gasteiger partial charge in [0.25, 0.3) is 0 Å². The lowest BCUT2D eigenvalue weighted by molar-refractivity contribution is -0.145. The predicted octanol–water partition coefficient (Wildman–Crippen LogP) is -4.38. The Hall–Kier alpha value is -2.24. The summed E-state index contributed by atoms with van der Waals surface area (Å²) in [5, 5.41) is 30.9. The van der Waals surface area contributed by atoms with Gasteiger partial charge in [0.05, 0.1) is 19.1 Å². The highest BCUT2D eigenvalue weighted by Crippen LogP contribution is 1.98. The van der Waals surface area contributed by atoms with Crippen molar-refractivity contribution in [3.8, 4) is 0 Å². The monoisotopic (exact) mass is 320 g/mol. The standard InChI is InChI=1S/C11H20N4O7/c1-4(17)8(11(21)22)15-10(20)6(2-7(13)18)14-9(19)5(12)3-16/h4-6,8,16-17H,2-3,12H2,1H3,(H2,13,18)(H,14,19)(H,15,20)(H,21,22)/t4-,5+,6+,8+/m1/s1. The van der Waals surface area contributed by atoms with E-state index in [-0.39, 0.29) is 0 Å². The molecule has 0 radical (unpaired) electrons. The maximum Gasteiger partial charge on any atom is 0.328 e. The SMILES string of the molecule is C[C@@H](O)[C@H](NC(=O)[C@H](CC(N)=O)NC(=O)[C@@H](N)CO)C(=O)O. The summed E-state index contributed by atoms with van der Waals surface area (Å²) in [6, 6.07) is -4.44. The average molecular weight is 320 g/mol. The van der Waals surface area contributed by atoms with E-state index in [0.29, 0.717) is 0 Å². The quantitative estimate of drug-likeness (QED) is 0.220. The van der Waals surface area contributed by atoms with E-state index in [1.165, 1.54) is 0 Å². The molecule has 0 rings (SSSR count). The number of aliphatic hydroxyl groups is 2. The fourth-order valence-electron chi connectivity index (χ4n) is 1.41. The van der Waals surface area contributed by atoms with E-state index >= 15 is 0 Å². The Balaban J connectivity index is 5.01. The first-order valence-corrected chi connectivity index (χ1v) is 6.26. The Morgan fingerprint density at radius 3 is 2.05 bits per heavy atom. The summed E-state index contributed by atoms with van der Waals surface area (Å²) in [4.78, 5) is 45.3. The van der Waals surface area contributed by atoms with E-state index in [4.69, 9.17) is 21.7 Å². The summed E-state index contributed by atoms with van der Waals surface area (Å²) in [5.74, 6) is -4.39. The summed E-state index contributed by atoms with van der Waals surface area (Å²) < 4.78 is 0. The number of amides is 3. The molecule has 0 aliphatic rings. The third-order valence-electron chi connectivity index (χ3n) is 2.62. The van der Waals surface area contributed by atoms with Crippen LogP contribution in [0.3, 0.4) is 0 Å². The molecule has 0 aliphatic carbocycles. The number of hydrogen-bond acceptors (Lipinski definition) is 7. The minimum atomic E-state index is -1.63. The molecule has 22 heavy (non-hydrogen) atoms. The zero-order valence-corrected chi connectivity index (χ0v) is 11.9. The third kappa shape index (κ3) is 6.47. The summed E-state index contributed by atoms with van der Waals surface area (Å²) in [7, 11) is 0. The summed E-state index contributed by atoms with van der Waals surface area (Å²) in [6.45, 7) is 0.449. The number of carboxylic acids is 1. The van der Waals surface area contributed by atoms with Crippen LogP contribution < -0.4 is 22.1 Å². The molecule has 0 spiro atoms. The van der Waals surface area contributed by atoms with Gasteiger partial charge in [0.15, 0.2) is 6.04 Å². The van der Waals surface area contributed by atoms with Gasteiger partial charge in [0.2, 0.25) is 17.7 Å². The Labute approximate surface area is 125 Å². The molecule has 9 N–H and O–H groups in total. The van der Waals surface area contributed by atoms with E-state index in [1.54, 1.807) is 0 Å². The molecule has 0 aliphatic heterocycles. The van der Waals surface area contributed by atoms with Crippen LogP contribution in [0.4, 0.5) is 0 Å². The minimum absolute atomic E-state index is 0.609. The number of primary amides is 1. The molecule has 0 aromatic rings. The van der Waals surface area contributed by atoms with Crippen molar-refractivity contribution in [2.45, 2.75) is 37.6 Å². The maximum absolute atomic E-state index is 11.9. The van der Waals surface area contributed by atoms with Gasteiger partial charge in [-0.05, 0) is 6.92 Å². The normalized spacial score (nSPS) is 16.0. The number of carboxylic acid groups (broad SMARTS) is 1. The van der Waals surface area contributed by atoms with Crippen LogP contribution in [0.1, 0.15) is 13.3 Å². The number of carbonyl (C=O) groups is 4. The maximum atomic E-state index is 11.9. The van der Waals surface area contributed by atoms with E-state index in [9.17, 15) is 24.3 Å². The Bertz CT molecular complexity index is 440. The molecule has 11 nitrogen and oxygen atoms in total. The molecule has 11 heteroatoms. The number of nitrogens with two attached hydrogens (primary N) is 2. The number of aliphatic carboxylic acids is 1. The Kier molecular flexibility index (Phi) is 8.01. The van der Waals surface area contributed by atoms with Crippen LogP contribution in [0.2, 0.25) is 0 Å². The number of carbonyl (C=O) groups excluding carboxylic acids is 3. The van der Waals surface area contributed by atoms with Crippen molar-refractivity contribution in [2.24, 2.45) is 11.5 Å². The fourth-order valence-corrected chi connectivity index (χ4v) is 1.41. The van der Waals surface area contributed by atoms with Crippen LogP contribution in [0.5, 0.6) is 0 Å². The van der Waals surface area contributed by atoms with Crippen LogP contribution in [-0.4, -0.2) is 69.8 Å². The van der Waals surface area contributed by atoms with Crippen LogP contribution in [-0.2, 0) is 19.2 Å². The lowest BCUT2D eigenvalue weighted by atomic mass is 10.1. The second-order valence-corrected chi connectivity index (χ2v) is 4.59. The van der Waals surface area contributed by atoms with Crippen molar-refractivity contribution < 1.29 is 34.5 Å². The second kappa shape index (κ2) is 8.92. The van der Waals surface area contributed by atoms with Gasteiger partial charge in [-0.2, -0.15) is 0 Å². The summed E-state index contributed by atoms with van der Waals surface area (Å²) >= 11 is 0. The molecule has 0 heterocycles. The number of aliphatic hydroxyl groups excluding tert-OH is 2. The number of nitrogens with one attached hydrogen (secondary N) is 2. The summed E-state index contributed by atoms with van der Waals surface area (Å²) in [5.41, 5.74) is 10.2. The lowest BCUT2D eigenvalue weighted by Crippen LogP contribution is -2.57. The highest BCUT2D eigenvalue weighted by Gasteiger charge is 2.31. The molecule has 0 saturated carbocycles. The van der Waals surface area contributed by atoms with Crippen LogP contribution >= 0.6 is 0 Å². The van der Waals surface area contributed by atoms with Crippen LogP contribution in [0, 0.1) is 0 Å². The minimum Gasteiger partial charge on any atom is -0.480 e. The smallest absolute Gasteiger partial charge is 0.328 e. The predicted molar refractivity (Wildman–Crippen MR) is 72.1 cm³/mol. The molecule has 0 aromatic heterocycles. The molecule has 0 bridgehead atoms. The lowest BCUT2D eigenvalue weighted by Gasteiger charge is -2.22. The van der Waals surface area contributed by atoms with Gasteiger partial charge in [-0.25, -0.2) is 4.79 Å². The van der Waals surface area contributed by atoms with Gasteiger partial charge < -0.3 is 37.4 Å². The van der Waals surface area contributed by atoms with E-state index in [1.807, 2.05) is 5.32 Å². The summed E-state index contributed by atoms with van der Waals surface area (Å²) in [6.07, 6.45) is -2.02. The first-order valence-electron chi connectivity index (χ1n) is 6.26. The molecule has 4 atom stereocenters. The van der Waals surface area contributed by atoms with Gasteiger partial charge in [0.1, 0.15) is 12.1 Å². The van der Waals surface area contributed by atoms with E-state index < -0.39 is 60.9 Å². The largest absolute Gasteiger partial charge is 0.480 e. The van der Waals surface area contributed by atoms with Gasteiger partial charge in [-0.1, -0.05) is 0 Å². The number of hydrogen-bond donors (Lipinski definition) is 7. The van der Waals surface area contributed by atoms with E-state index in [2.05, 4.69) is 5.32 Å². The fraction of sp³-hybridized carbons (Fsp3) is 0.636. The van der Waals surface area contributed by atoms with Crippen molar-refractivity contribution >= 4 is 23.7 Å². The van der Waals surface area contributed by atoms with Crippen molar-refractivity contribution in [2.75, 3.05) is 6.61 Å². The molecule has 0 fully saturated rings. The van der Waals surface area contributed by atoms with Gasteiger partial charge in [-0.3, -0.25) is 14.4 Å². The topological polar surface area (TPSA) is 205 Å². The van der Waals surface area contributed by atoms with Crippen molar-refractivity contribution in [3.05, 3.63) is 0 Å². The first kappa shape index (κ1) is 19.8. The molecular formula is C11H20N4O7. The van der Waals surface area contributed by atoms with Gasteiger partial charge in [0, 0.05) is 0 Å². The van der Waals surface area contributed by atoms with Gasteiger partial charge >= 0.3 is 5.97 Å².